The number of rotatable bonds is 12. The van der Waals surface area contributed by atoms with E-state index in [9.17, 15) is 50.2 Å². The number of aliphatic hydroxyl groups is 1. The summed E-state index contributed by atoms with van der Waals surface area (Å²) >= 11 is 0. The van der Waals surface area contributed by atoms with Gasteiger partial charge in [-0.25, -0.2) is 13.6 Å². The van der Waals surface area contributed by atoms with Crippen molar-refractivity contribution in [1.29, 1.82) is 0 Å². The fourth-order valence-electron chi connectivity index (χ4n) is 8.10. The number of allylic oxidation sites excluding steroid dienone is 1. The standard InChI is InChI=1S/C41H39F8N3O6/c42-31-11-6-22(36(41(47,48)49)58-39(56)51-23-2-1-3-23)18-27(31)21-7-13-33(57-15-14-53)29(17-21)37(54)52-35-26-10-9-25(28(26)16-20-4-5-20)34(35)38(55)50-24-8-12-32(43)30(19-24)40(44,45)46/h6-8,11-13,16-20,23,25-26,34-36,53H,1-5,9-10,14-15H2,(H,50,55)(H,51,56)(H,52,54)/t25?,26?,34-,35+,36?/m0/s1. The Hall–Kier alpha value is -5.19. The summed E-state index contributed by atoms with van der Waals surface area (Å²) in [5.41, 5.74) is -2.17. The maximum Gasteiger partial charge on any atom is 0.429 e. The summed E-state index contributed by atoms with van der Waals surface area (Å²) in [6.45, 7) is -0.738. The second-order valence-electron chi connectivity index (χ2n) is 15.1. The van der Waals surface area contributed by atoms with Crippen LogP contribution in [0.3, 0.4) is 0 Å². The Balaban J connectivity index is 1.19. The first-order valence-electron chi connectivity index (χ1n) is 18.9. The first kappa shape index (κ1) is 41.0. The van der Waals surface area contributed by atoms with Crippen molar-refractivity contribution in [3.8, 4) is 16.9 Å². The number of anilines is 1. The molecule has 4 saturated carbocycles. The number of alkyl halides is 6. The number of carbonyl (C=O) groups excluding carboxylic acids is 3. The van der Waals surface area contributed by atoms with Gasteiger partial charge in [0.05, 0.1) is 23.7 Å². The topological polar surface area (TPSA) is 126 Å². The Morgan fingerprint density at radius 1 is 0.845 bits per heavy atom. The lowest BCUT2D eigenvalue weighted by atomic mass is 9.83. The van der Waals surface area contributed by atoms with Gasteiger partial charge in [0.2, 0.25) is 12.0 Å². The fraction of sp³-hybridized carbons (Fsp3) is 0.439. The monoisotopic (exact) mass is 821 g/mol. The molecule has 4 fully saturated rings. The number of carbonyl (C=O) groups is 3. The van der Waals surface area contributed by atoms with Crippen LogP contribution in [0.2, 0.25) is 0 Å². The van der Waals surface area contributed by atoms with Gasteiger partial charge in [-0.15, -0.1) is 0 Å². The van der Waals surface area contributed by atoms with E-state index < -0.39 is 77.7 Å². The maximum absolute atomic E-state index is 15.5. The normalized spacial score (nSPS) is 22.9. The average Bonchev–Trinajstić information content (AvgIpc) is 3.83. The number of halogens is 8. The lowest BCUT2D eigenvalue weighted by Crippen LogP contribution is -2.48. The quantitative estimate of drug-likeness (QED) is 0.107. The number of fused-ring (bicyclic) bond motifs is 2. The molecule has 3 aromatic rings. The van der Waals surface area contributed by atoms with E-state index in [0.717, 1.165) is 49.1 Å². The van der Waals surface area contributed by atoms with Crippen LogP contribution in [0.5, 0.6) is 5.75 Å². The molecule has 3 aromatic carbocycles. The second-order valence-corrected chi connectivity index (χ2v) is 15.1. The van der Waals surface area contributed by atoms with Crippen LogP contribution < -0.4 is 20.7 Å². The van der Waals surface area contributed by atoms with Crippen LogP contribution in [0.4, 0.5) is 45.6 Å². The van der Waals surface area contributed by atoms with Crippen LogP contribution in [0, 0.1) is 35.3 Å². The van der Waals surface area contributed by atoms with Crippen molar-refractivity contribution in [3.63, 3.8) is 0 Å². The van der Waals surface area contributed by atoms with E-state index in [4.69, 9.17) is 9.47 Å². The molecule has 2 bridgehead atoms. The number of ether oxygens (including phenoxy) is 2. The lowest BCUT2D eigenvalue weighted by Gasteiger charge is -2.30. The summed E-state index contributed by atoms with van der Waals surface area (Å²) in [6, 6.07) is 7.11. The van der Waals surface area contributed by atoms with Gasteiger partial charge in [0, 0.05) is 34.8 Å². The number of benzene rings is 3. The van der Waals surface area contributed by atoms with Gasteiger partial charge in [-0.2, -0.15) is 26.3 Å². The Morgan fingerprint density at radius 3 is 2.22 bits per heavy atom. The van der Waals surface area contributed by atoms with Crippen molar-refractivity contribution in [2.75, 3.05) is 18.5 Å². The van der Waals surface area contributed by atoms with Gasteiger partial charge in [0.25, 0.3) is 5.91 Å². The Labute approximate surface area is 327 Å². The Morgan fingerprint density at radius 2 is 1.57 bits per heavy atom. The highest BCUT2D eigenvalue weighted by atomic mass is 19.4. The van der Waals surface area contributed by atoms with Crippen molar-refractivity contribution < 1.29 is 64.1 Å². The zero-order chi connectivity index (χ0) is 41.5. The van der Waals surface area contributed by atoms with Crippen LogP contribution in [0.25, 0.3) is 11.1 Å². The van der Waals surface area contributed by atoms with Crippen LogP contribution in [0.15, 0.2) is 66.2 Å². The molecule has 4 aliphatic carbocycles. The second kappa shape index (κ2) is 16.2. The molecule has 0 aliphatic heterocycles. The molecule has 0 saturated heterocycles. The average molecular weight is 822 g/mol. The highest BCUT2D eigenvalue weighted by molar-refractivity contribution is 6.00. The highest BCUT2D eigenvalue weighted by Crippen LogP contribution is 2.54. The predicted molar refractivity (Wildman–Crippen MR) is 192 cm³/mol. The molecule has 0 aromatic heterocycles. The molecule has 310 valence electrons. The van der Waals surface area contributed by atoms with Gasteiger partial charge in [-0.1, -0.05) is 23.8 Å². The third-order valence-electron chi connectivity index (χ3n) is 11.2. The fourth-order valence-corrected chi connectivity index (χ4v) is 8.10. The molecule has 4 N–H and O–H groups in total. The number of aliphatic hydroxyl groups excluding tert-OH is 1. The van der Waals surface area contributed by atoms with E-state index in [0.29, 0.717) is 37.8 Å². The van der Waals surface area contributed by atoms with Crippen molar-refractivity contribution in [1.82, 2.24) is 10.6 Å². The molecule has 3 amide bonds. The zero-order valence-electron chi connectivity index (χ0n) is 30.7. The summed E-state index contributed by atoms with van der Waals surface area (Å²) in [7, 11) is 0. The van der Waals surface area contributed by atoms with Gasteiger partial charge in [-0.3, -0.25) is 9.59 Å². The van der Waals surface area contributed by atoms with Crippen molar-refractivity contribution in [2.24, 2.45) is 23.7 Å². The largest absolute Gasteiger partial charge is 0.490 e. The molecule has 0 radical (unpaired) electrons. The summed E-state index contributed by atoms with van der Waals surface area (Å²) in [5.74, 6) is -5.47. The molecule has 3 unspecified atom stereocenters. The molecule has 17 heteroatoms. The summed E-state index contributed by atoms with van der Waals surface area (Å²) in [5, 5.41) is 17.2. The molecular weight excluding hydrogens is 782 g/mol. The minimum atomic E-state index is -5.08. The lowest BCUT2D eigenvalue weighted by molar-refractivity contribution is -0.206. The van der Waals surface area contributed by atoms with Gasteiger partial charge in [-0.05, 0) is 105 Å². The zero-order valence-corrected chi connectivity index (χ0v) is 30.7. The van der Waals surface area contributed by atoms with E-state index in [1.54, 1.807) is 0 Å². The minimum Gasteiger partial charge on any atom is -0.490 e. The molecule has 0 spiro atoms. The molecule has 7 rings (SSSR count). The van der Waals surface area contributed by atoms with Gasteiger partial charge in [0.15, 0.2) is 0 Å². The molecule has 9 nitrogen and oxygen atoms in total. The number of amides is 3. The minimum absolute atomic E-state index is 0.0611. The molecule has 4 aliphatic rings. The molecule has 58 heavy (non-hydrogen) atoms. The van der Waals surface area contributed by atoms with Crippen LogP contribution >= 0.6 is 0 Å². The first-order chi connectivity index (χ1) is 27.5. The van der Waals surface area contributed by atoms with Crippen LogP contribution in [-0.2, 0) is 15.7 Å². The molecule has 0 heterocycles. The number of hydrogen-bond donors (Lipinski definition) is 4. The number of alkyl carbamates (subject to hydrolysis) is 1. The van der Waals surface area contributed by atoms with Crippen LogP contribution in [0.1, 0.15) is 72.5 Å². The van der Waals surface area contributed by atoms with Gasteiger partial charge in [0.1, 0.15) is 24.0 Å². The van der Waals surface area contributed by atoms with Crippen molar-refractivity contribution >= 4 is 23.6 Å². The van der Waals surface area contributed by atoms with E-state index in [-0.39, 0.29) is 58.5 Å². The third-order valence-corrected chi connectivity index (χ3v) is 11.2. The number of nitrogens with one attached hydrogen (secondary N) is 3. The molecular formula is C41H39F8N3O6. The van der Waals surface area contributed by atoms with Gasteiger partial charge >= 0.3 is 18.4 Å². The number of hydrogen-bond acceptors (Lipinski definition) is 6. The van der Waals surface area contributed by atoms with Gasteiger partial charge < -0.3 is 30.5 Å². The summed E-state index contributed by atoms with van der Waals surface area (Å²) in [6.07, 6.45) is -7.05. The Bertz CT molecular complexity index is 2100. The van der Waals surface area contributed by atoms with E-state index in [2.05, 4.69) is 22.0 Å². The van der Waals surface area contributed by atoms with E-state index >= 15 is 4.39 Å². The predicted octanol–water partition coefficient (Wildman–Crippen LogP) is 8.63. The Kier molecular flexibility index (Phi) is 11.5. The maximum atomic E-state index is 15.5. The van der Waals surface area contributed by atoms with Crippen molar-refractivity contribution in [2.45, 2.75) is 75.5 Å². The summed E-state index contributed by atoms with van der Waals surface area (Å²) in [4.78, 5) is 40.5. The van der Waals surface area contributed by atoms with Crippen molar-refractivity contribution in [3.05, 3.63) is 94.6 Å². The third kappa shape index (κ3) is 8.78. The highest BCUT2D eigenvalue weighted by Gasteiger charge is 2.55. The molecule has 5 atom stereocenters. The smallest absolute Gasteiger partial charge is 0.429 e. The first-order valence-corrected chi connectivity index (χ1v) is 18.9. The van der Waals surface area contributed by atoms with E-state index in [1.807, 2.05) is 0 Å². The summed E-state index contributed by atoms with van der Waals surface area (Å²) < 4.78 is 123. The van der Waals surface area contributed by atoms with E-state index in [1.165, 1.54) is 18.2 Å². The SMILES string of the molecule is O=C(NC1CCC1)OC(c1ccc(F)c(-c2ccc(OCCO)c(C(=O)N[C@@H]3C4CCC(C4=CC4CC4)[C@@H]3C(=O)Nc3ccc(F)c(C(F)(F)F)c3)c2)c1)C(F)(F)F. The van der Waals surface area contributed by atoms with Crippen LogP contribution in [-0.4, -0.2) is 54.5 Å².